The fourth-order valence-corrected chi connectivity index (χ4v) is 2.15. The highest BCUT2D eigenvalue weighted by molar-refractivity contribution is 5.93. The number of hydrogen-bond acceptors (Lipinski definition) is 6. The van der Waals surface area contributed by atoms with E-state index in [1.807, 2.05) is 6.92 Å². The van der Waals surface area contributed by atoms with E-state index >= 15 is 0 Å². The SMILES string of the molecule is CCOC(=O)c1cn(NC(C=O)CC)c2nc(C)ccc2c1=O. The molecule has 0 aliphatic carbocycles. The molecule has 23 heavy (non-hydrogen) atoms. The number of aldehydes is 1. The van der Waals surface area contributed by atoms with Crippen LogP contribution in [-0.4, -0.2) is 34.6 Å². The summed E-state index contributed by atoms with van der Waals surface area (Å²) in [6, 6.07) is 2.85. The first-order valence-electron chi connectivity index (χ1n) is 7.43. The minimum atomic E-state index is -0.699. The summed E-state index contributed by atoms with van der Waals surface area (Å²) < 4.78 is 6.37. The van der Waals surface area contributed by atoms with E-state index in [2.05, 4.69) is 10.4 Å². The largest absolute Gasteiger partial charge is 0.462 e. The molecule has 0 radical (unpaired) electrons. The van der Waals surface area contributed by atoms with Gasteiger partial charge >= 0.3 is 5.97 Å². The highest BCUT2D eigenvalue weighted by Gasteiger charge is 2.18. The van der Waals surface area contributed by atoms with Crippen LogP contribution in [0.3, 0.4) is 0 Å². The first-order valence-corrected chi connectivity index (χ1v) is 7.43. The summed E-state index contributed by atoms with van der Waals surface area (Å²) in [5.74, 6) is -0.699. The third-order valence-electron chi connectivity index (χ3n) is 3.39. The lowest BCUT2D eigenvalue weighted by Crippen LogP contribution is -2.32. The molecule has 0 bridgehead atoms. The molecule has 0 saturated carbocycles. The fraction of sp³-hybridized carbons (Fsp3) is 0.375. The Kier molecular flexibility index (Phi) is 5.10. The maximum absolute atomic E-state index is 12.5. The van der Waals surface area contributed by atoms with Crippen molar-refractivity contribution in [2.24, 2.45) is 0 Å². The molecule has 122 valence electrons. The topological polar surface area (TPSA) is 90.3 Å². The second-order valence-corrected chi connectivity index (χ2v) is 5.07. The van der Waals surface area contributed by atoms with Gasteiger partial charge in [0.2, 0.25) is 5.43 Å². The maximum Gasteiger partial charge on any atom is 0.343 e. The van der Waals surface area contributed by atoms with E-state index in [1.165, 1.54) is 10.9 Å². The Labute approximate surface area is 133 Å². The number of fused-ring (bicyclic) bond motifs is 1. The van der Waals surface area contributed by atoms with Crippen LogP contribution in [0.15, 0.2) is 23.1 Å². The van der Waals surface area contributed by atoms with Crippen molar-refractivity contribution in [2.45, 2.75) is 33.2 Å². The number of carbonyl (C=O) groups excluding carboxylic acids is 2. The minimum Gasteiger partial charge on any atom is -0.462 e. The molecular weight excluding hydrogens is 298 g/mol. The Bertz CT molecular complexity index is 798. The highest BCUT2D eigenvalue weighted by Crippen LogP contribution is 2.11. The zero-order valence-corrected chi connectivity index (χ0v) is 13.3. The molecule has 0 amide bonds. The number of ether oxygens (including phenoxy) is 1. The van der Waals surface area contributed by atoms with Crippen LogP contribution in [0.25, 0.3) is 11.0 Å². The van der Waals surface area contributed by atoms with Crippen molar-refractivity contribution in [1.29, 1.82) is 0 Å². The number of pyridine rings is 2. The van der Waals surface area contributed by atoms with Gasteiger partial charge < -0.3 is 15.0 Å². The summed E-state index contributed by atoms with van der Waals surface area (Å²) in [5, 5.41) is 0.286. The quantitative estimate of drug-likeness (QED) is 0.640. The van der Waals surface area contributed by atoms with Crippen LogP contribution in [0, 0.1) is 6.92 Å². The van der Waals surface area contributed by atoms with Crippen molar-refractivity contribution >= 4 is 23.3 Å². The number of nitrogens with one attached hydrogen (secondary N) is 1. The van der Waals surface area contributed by atoms with Crippen LogP contribution in [0.4, 0.5) is 0 Å². The Hall–Kier alpha value is -2.70. The van der Waals surface area contributed by atoms with Gasteiger partial charge in [0.05, 0.1) is 18.0 Å². The average Bonchev–Trinajstić information content (AvgIpc) is 2.54. The zero-order valence-electron chi connectivity index (χ0n) is 13.3. The van der Waals surface area contributed by atoms with Crippen molar-refractivity contribution in [3.05, 3.63) is 39.8 Å². The summed E-state index contributed by atoms with van der Waals surface area (Å²) in [5.41, 5.74) is 3.49. The molecule has 2 heterocycles. The molecule has 1 unspecified atom stereocenters. The Balaban J connectivity index is 2.69. The van der Waals surface area contributed by atoms with Gasteiger partial charge in [0, 0.05) is 11.9 Å². The Morgan fingerprint density at radius 3 is 2.78 bits per heavy atom. The summed E-state index contributed by atoms with van der Waals surface area (Å²) in [6.07, 6.45) is 2.66. The molecule has 0 spiro atoms. The normalized spacial score (nSPS) is 12.0. The first kappa shape index (κ1) is 16.7. The predicted molar refractivity (Wildman–Crippen MR) is 86.2 cm³/mol. The lowest BCUT2D eigenvalue weighted by molar-refractivity contribution is -0.108. The number of rotatable bonds is 6. The smallest absolute Gasteiger partial charge is 0.343 e. The molecule has 0 saturated heterocycles. The van der Waals surface area contributed by atoms with Crippen molar-refractivity contribution in [2.75, 3.05) is 12.0 Å². The van der Waals surface area contributed by atoms with Gasteiger partial charge in [0.15, 0.2) is 5.65 Å². The minimum absolute atomic E-state index is 0.0988. The molecule has 0 aromatic carbocycles. The van der Waals surface area contributed by atoms with Gasteiger partial charge in [-0.3, -0.25) is 4.79 Å². The van der Waals surface area contributed by atoms with Crippen molar-refractivity contribution in [3.8, 4) is 0 Å². The molecule has 1 N–H and O–H groups in total. The highest BCUT2D eigenvalue weighted by atomic mass is 16.5. The van der Waals surface area contributed by atoms with E-state index < -0.39 is 17.4 Å². The zero-order chi connectivity index (χ0) is 17.0. The molecule has 2 aromatic rings. The lowest BCUT2D eigenvalue weighted by atomic mass is 10.2. The number of esters is 1. The Morgan fingerprint density at radius 1 is 1.43 bits per heavy atom. The van der Waals surface area contributed by atoms with Gasteiger partial charge in [-0.1, -0.05) is 6.92 Å². The number of aromatic nitrogens is 2. The standard InChI is InChI=1S/C16H19N3O4/c1-4-11(9-20)18-19-8-13(16(22)23-5-2)14(21)12-7-6-10(3)17-15(12)19/h6-9,11,18H,4-5H2,1-3H3. The monoisotopic (exact) mass is 317 g/mol. The molecule has 7 nitrogen and oxygen atoms in total. The summed E-state index contributed by atoms with van der Waals surface area (Å²) in [7, 11) is 0. The van der Waals surface area contributed by atoms with E-state index in [0.29, 0.717) is 12.1 Å². The second-order valence-electron chi connectivity index (χ2n) is 5.07. The van der Waals surface area contributed by atoms with Gasteiger partial charge in [-0.25, -0.2) is 14.5 Å². The molecule has 0 aliphatic heterocycles. The lowest BCUT2D eigenvalue weighted by Gasteiger charge is -2.18. The predicted octanol–water partition coefficient (Wildman–Crippen LogP) is 1.40. The van der Waals surface area contributed by atoms with Crippen LogP contribution in [-0.2, 0) is 9.53 Å². The number of carbonyl (C=O) groups is 2. The fourth-order valence-electron chi connectivity index (χ4n) is 2.15. The van der Waals surface area contributed by atoms with Crippen LogP contribution in [0.2, 0.25) is 0 Å². The van der Waals surface area contributed by atoms with Crippen molar-refractivity contribution in [1.82, 2.24) is 9.66 Å². The number of nitrogens with zero attached hydrogens (tertiary/aromatic N) is 2. The van der Waals surface area contributed by atoms with Gasteiger partial charge in [-0.05, 0) is 32.4 Å². The molecular formula is C16H19N3O4. The molecule has 7 heteroatoms. The average molecular weight is 317 g/mol. The van der Waals surface area contributed by atoms with Gasteiger partial charge in [0.1, 0.15) is 11.8 Å². The van der Waals surface area contributed by atoms with E-state index in [9.17, 15) is 14.4 Å². The van der Waals surface area contributed by atoms with Crippen LogP contribution < -0.4 is 10.9 Å². The molecule has 2 rings (SSSR count). The van der Waals surface area contributed by atoms with Crippen molar-refractivity contribution < 1.29 is 14.3 Å². The van der Waals surface area contributed by atoms with Crippen LogP contribution in [0.1, 0.15) is 36.3 Å². The second kappa shape index (κ2) is 7.04. The van der Waals surface area contributed by atoms with Crippen LogP contribution in [0.5, 0.6) is 0 Å². The van der Waals surface area contributed by atoms with Gasteiger partial charge in [0.25, 0.3) is 0 Å². The number of hydrogen-bond donors (Lipinski definition) is 1. The molecule has 2 aromatic heterocycles. The molecule has 0 fully saturated rings. The molecule has 1 atom stereocenters. The van der Waals surface area contributed by atoms with Crippen LogP contribution >= 0.6 is 0 Å². The third-order valence-corrected chi connectivity index (χ3v) is 3.39. The molecule has 0 aliphatic rings. The first-order chi connectivity index (χ1) is 11.0. The summed E-state index contributed by atoms with van der Waals surface area (Å²) in [4.78, 5) is 39.9. The third kappa shape index (κ3) is 3.39. The Morgan fingerprint density at radius 2 is 2.17 bits per heavy atom. The summed E-state index contributed by atoms with van der Waals surface area (Å²) >= 11 is 0. The van der Waals surface area contributed by atoms with Gasteiger partial charge in [-0.15, -0.1) is 0 Å². The van der Waals surface area contributed by atoms with E-state index in [-0.39, 0.29) is 17.6 Å². The number of aryl methyl sites for hydroxylation is 1. The van der Waals surface area contributed by atoms with E-state index in [1.54, 1.807) is 26.0 Å². The van der Waals surface area contributed by atoms with Crippen molar-refractivity contribution in [3.63, 3.8) is 0 Å². The summed E-state index contributed by atoms with van der Waals surface area (Å²) in [6.45, 7) is 5.48. The maximum atomic E-state index is 12.5. The van der Waals surface area contributed by atoms with E-state index in [0.717, 1.165) is 12.0 Å². The van der Waals surface area contributed by atoms with Gasteiger partial charge in [-0.2, -0.15) is 0 Å². The van der Waals surface area contributed by atoms with E-state index in [4.69, 9.17) is 4.74 Å².